The molecule has 178 valence electrons. The van der Waals surface area contributed by atoms with Gasteiger partial charge in [-0.1, -0.05) is 88.3 Å². The predicted molar refractivity (Wildman–Crippen MR) is 140 cm³/mol. The Morgan fingerprint density at radius 2 is 1.68 bits per heavy atom. The van der Waals surface area contributed by atoms with Gasteiger partial charge in [0.2, 0.25) is 5.76 Å². The van der Waals surface area contributed by atoms with Gasteiger partial charge in [-0.2, -0.15) is 5.26 Å². The third-order valence-corrected chi connectivity index (χ3v) is 6.40. The molecule has 4 heteroatoms. The maximum absolute atomic E-state index is 10.4. The summed E-state index contributed by atoms with van der Waals surface area (Å²) in [6.45, 7) is 3.57. The van der Waals surface area contributed by atoms with Crippen LogP contribution >= 0.6 is 0 Å². The lowest BCUT2D eigenvalue weighted by Gasteiger charge is -2.27. The van der Waals surface area contributed by atoms with Crippen molar-refractivity contribution in [2.75, 3.05) is 11.4 Å². The van der Waals surface area contributed by atoms with Crippen molar-refractivity contribution in [3.05, 3.63) is 77.1 Å². The van der Waals surface area contributed by atoms with Crippen molar-refractivity contribution in [3.63, 3.8) is 0 Å². The molecule has 34 heavy (non-hydrogen) atoms. The molecule has 1 aliphatic heterocycles. The molecule has 0 unspecified atom stereocenters. The van der Waals surface area contributed by atoms with E-state index in [1.807, 2.05) is 12.1 Å². The van der Waals surface area contributed by atoms with Crippen LogP contribution in [0.4, 0.5) is 11.4 Å². The van der Waals surface area contributed by atoms with Crippen LogP contribution in [-0.2, 0) is 22.4 Å². The highest BCUT2D eigenvalue weighted by atomic mass is 16.5. The molecule has 0 saturated heterocycles. The van der Waals surface area contributed by atoms with E-state index in [2.05, 4.69) is 59.0 Å². The van der Waals surface area contributed by atoms with Crippen LogP contribution < -0.4 is 4.90 Å². The first kappa shape index (κ1) is 25.3. The number of nitriles is 1. The van der Waals surface area contributed by atoms with Gasteiger partial charge in [0, 0.05) is 17.9 Å². The molecular weight excluding hydrogens is 420 g/mol. The van der Waals surface area contributed by atoms with Crippen LogP contribution in [0.2, 0.25) is 0 Å². The summed E-state index contributed by atoms with van der Waals surface area (Å²) in [5.74, 6) is -0.0204. The van der Waals surface area contributed by atoms with E-state index >= 15 is 0 Å². The lowest BCUT2D eigenvalue weighted by molar-refractivity contribution is -0.124. The van der Waals surface area contributed by atoms with Gasteiger partial charge in [0.05, 0.1) is 0 Å². The highest BCUT2D eigenvalue weighted by Crippen LogP contribution is 2.37. The zero-order valence-corrected chi connectivity index (χ0v) is 20.3. The molecule has 0 amide bonds. The van der Waals surface area contributed by atoms with E-state index in [0.717, 1.165) is 24.9 Å². The number of aryl methyl sites for hydroxylation is 2. The number of allylic oxidation sites excluding steroid dienone is 3. The summed E-state index contributed by atoms with van der Waals surface area (Å²) in [6, 6.07) is 17.2. The van der Waals surface area contributed by atoms with Crippen molar-refractivity contribution in [1.29, 1.82) is 5.26 Å². The molecule has 2 aromatic rings. The zero-order chi connectivity index (χ0) is 24.0. The summed E-state index contributed by atoms with van der Waals surface area (Å²) in [4.78, 5) is 13.0. The molecule has 1 aliphatic rings. The fourth-order valence-corrected chi connectivity index (χ4v) is 4.60. The monoisotopic (exact) mass is 456 g/mol. The van der Waals surface area contributed by atoms with Crippen LogP contribution in [0.15, 0.2) is 60.4 Å². The maximum Gasteiger partial charge on any atom is 0.299 e. The van der Waals surface area contributed by atoms with Gasteiger partial charge in [0.15, 0.2) is 0 Å². The van der Waals surface area contributed by atoms with E-state index in [0.29, 0.717) is 0 Å². The summed E-state index contributed by atoms with van der Waals surface area (Å²) in [6.07, 6.45) is 17.8. The Bertz CT molecular complexity index is 1030. The molecule has 0 atom stereocenters. The fourth-order valence-electron chi connectivity index (χ4n) is 4.60. The third-order valence-electron chi connectivity index (χ3n) is 6.40. The molecule has 1 heterocycles. The largest absolute Gasteiger partial charge is 0.417 e. The standard InChI is InChI=1S/C30H36N2O2/c1-2-3-4-5-6-7-8-11-21-32-29-16-10-9-14-26(29)18-19-27-22-25(17-20-30(27)32)13-12-15-28(23-31)34-24-33/h9-10,12-17,20,22,24H,2-8,11,18-19,21H2,1H3/b13-12+,28-15-. The van der Waals surface area contributed by atoms with Crippen LogP contribution in [0.1, 0.15) is 75.0 Å². The Balaban J connectivity index is 1.71. The number of rotatable bonds is 13. The second kappa shape index (κ2) is 14.1. The molecule has 0 bridgehead atoms. The first-order chi connectivity index (χ1) is 16.8. The minimum atomic E-state index is -0.0204. The van der Waals surface area contributed by atoms with E-state index in [-0.39, 0.29) is 12.2 Å². The van der Waals surface area contributed by atoms with Crippen LogP contribution in [0.3, 0.4) is 0 Å². The van der Waals surface area contributed by atoms with Crippen LogP contribution in [0.5, 0.6) is 0 Å². The average molecular weight is 457 g/mol. The summed E-state index contributed by atoms with van der Waals surface area (Å²) >= 11 is 0. The van der Waals surface area contributed by atoms with Gasteiger partial charge in [0.1, 0.15) is 6.07 Å². The molecule has 0 N–H and O–H groups in total. The smallest absolute Gasteiger partial charge is 0.299 e. The Hall–Kier alpha value is -3.32. The molecule has 4 nitrogen and oxygen atoms in total. The number of ether oxygens (including phenoxy) is 1. The number of para-hydroxylation sites is 1. The van der Waals surface area contributed by atoms with Crippen molar-refractivity contribution in [2.45, 2.75) is 71.1 Å². The number of benzene rings is 2. The number of anilines is 2. The van der Waals surface area contributed by atoms with Crippen molar-refractivity contribution in [3.8, 4) is 6.07 Å². The third kappa shape index (κ3) is 7.35. The van der Waals surface area contributed by atoms with Gasteiger partial charge < -0.3 is 9.64 Å². The minimum absolute atomic E-state index is 0.0204. The van der Waals surface area contributed by atoms with Crippen LogP contribution in [-0.4, -0.2) is 13.0 Å². The Morgan fingerprint density at radius 1 is 0.971 bits per heavy atom. The predicted octanol–water partition coefficient (Wildman–Crippen LogP) is 7.66. The number of nitrogens with zero attached hydrogens (tertiary/aromatic N) is 2. The quantitative estimate of drug-likeness (QED) is 0.102. The molecule has 0 spiro atoms. The van der Waals surface area contributed by atoms with Crippen molar-refractivity contribution >= 4 is 23.9 Å². The normalized spacial score (nSPS) is 13.2. The lowest BCUT2D eigenvalue weighted by Crippen LogP contribution is -2.19. The molecule has 2 aromatic carbocycles. The molecule has 3 rings (SSSR count). The number of carbonyl (C=O) groups is 1. The second-order valence-corrected chi connectivity index (χ2v) is 8.86. The SMILES string of the molecule is CCCCCCCCCCN1c2ccccc2CCc2cc(/C=C/C=C(/C#N)OC=O)ccc21. The van der Waals surface area contributed by atoms with Crippen LogP contribution in [0.25, 0.3) is 6.08 Å². The van der Waals surface area contributed by atoms with Crippen molar-refractivity contribution in [2.24, 2.45) is 0 Å². The highest BCUT2D eigenvalue weighted by Gasteiger charge is 2.20. The van der Waals surface area contributed by atoms with Crippen molar-refractivity contribution in [1.82, 2.24) is 0 Å². The van der Waals surface area contributed by atoms with Gasteiger partial charge in [-0.25, -0.2) is 0 Å². The first-order valence-corrected chi connectivity index (χ1v) is 12.6. The van der Waals surface area contributed by atoms with Crippen LogP contribution in [0, 0.1) is 11.3 Å². The second-order valence-electron chi connectivity index (χ2n) is 8.86. The maximum atomic E-state index is 10.4. The molecule has 0 radical (unpaired) electrons. The van der Waals surface area contributed by atoms with E-state index < -0.39 is 0 Å². The Labute approximate surface area is 204 Å². The van der Waals surface area contributed by atoms with E-state index in [4.69, 9.17) is 5.26 Å². The Kier molecular flexibility index (Phi) is 10.5. The number of unbranched alkanes of at least 4 members (excludes halogenated alkanes) is 7. The van der Waals surface area contributed by atoms with E-state index in [1.165, 1.54) is 79.9 Å². The van der Waals surface area contributed by atoms with Gasteiger partial charge in [0.25, 0.3) is 6.47 Å². The van der Waals surface area contributed by atoms with Crippen molar-refractivity contribution < 1.29 is 9.53 Å². The van der Waals surface area contributed by atoms with E-state index in [1.54, 1.807) is 6.08 Å². The number of carbonyl (C=O) groups excluding carboxylic acids is 1. The molecule has 0 fully saturated rings. The summed E-state index contributed by atoms with van der Waals surface area (Å²) in [7, 11) is 0. The van der Waals surface area contributed by atoms with Gasteiger partial charge in [-0.3, -0.25) is 4.79 Å². The number of hydrogen-bond acceptors (Lipinski definition) is 4. The van der Waals surface area contributed by atoms with E-state index in [9.17, 15) is 4.79 Å². The molecule has 0 aliphatic carbocycles. The fraction of sp³-hybridized carbons (Fsp3) is 0.400. The zero-order valence-electron chi connectivity index (χ0n) is 20.3. The topological polar surface area (TPSA) is 53.3 Å². The summed E-state index contributed by atoms with van der Waals surface area (Å²) in [5.41, 5.74) is 6.44. The Morgan fingerprint density at radius 3 is 2.44 bits per heavy atom. The molecule has 0 saturated carbocycles. The highest BCUT2D eigenvalue weighted by molar-refractivity contribution is 5.73. The van der Waals surface area contributed by atoms with Gasteiger partial charge in [-0.05, 0) is 60.2 Å². The lowest BCUT2D eigenvalue weighted by atomic mass is 10.0. The molecular formula is C30H36N2O2. The minimum Gasteiger partial charge on any atom is -0.417 e. The van der Waals surface area contributed by atoms with Gasteiger partial charge >= 0.3 is 0 Å². The first-order valence-electron chi connectivity index (χ1n) is 12.6. The summed E-state index contributed by atoms with van der Waals surface area (Å²) < 4.78 is 4.63. The molecule has 0 aromatic heterocycles. The van der Waals surface area contributed by atoms with Gasteiger partial charge in [-0.15, -0.1) is 0 Å². The average Bonchev–Trinajstić information content (AvgIpc) is 3.02. The summed E-state index contributed by atoms with van der Waals surface area (Å²) in [5, 5.41) is 8.97. The number of fused-ring (bicyclic) bond motifs is 2. The number of hydrogen-bond donors (Lipinski definition) is 0.